The highest BCUT2D eigenvalue weighted by Crippen LogP contribution is 2.20. The molecule has 1 atom stereocenters. The second-order valence-corrected chi connectivity index (χ2v) is 6.38. The van der Waals surface area contributed by atoms with Crippen LogP contribution in [0, 0.1) is 5.82 Å². The number of aromatic nitrogens is 2. The fraction of sp³-hybridized carbons (Fsp3) is 0.105. The van der Waals surface area contributed by atoms with Crippen LogP contribution in [-0.4, -0.2) is 26.8 Å². The van der Waals surface area contributed by atoms with Gasteiger partial charge in [0.1, 0.15) is 11.5 Å². The number of H-pyrrole nitrogens is 1. The van der Waals surface area contributed by atoms with E-state index in [4.69, 9.17) is 16.7 Å². The Morgan fingerprint density at radius 1 is 1.18 bits per heavy atom. The van der Waals surface area contributed by atoms with E-state index in [2.05, 4.69) is 10.4 Å². The van der Waals surface area contributed by atoms with E-state index in [0.717, 1.165) is 16.8 Å². The van der Waals surface area contributed by atoms with Crippen molar-refractivity contribution in [2.45, 2.75) is 12.5 Å². The number of carboxylic acids is 1. The molecule has 3 rings (SSSR count). The van der Waals surface area contributed by atoms with Crippen LogP contribution in [0.25, 0.3) is 5.69 Å². The maximum absolute atomic E-state index is 13.5. The molecule has 28 heavy (non-hydrogen) atoms. The van der Waals surface area contributed by atoms with Crippen molar-refractivity contribution in [3.05, 3.63) is 87.0 Å². The molecule has 1 heterocycles. The molecule has 1 aromatic heterocycles. The minimum absolute atomic E-state index is 0.0864. The quantitative estimate of drug-likeness (QED) is 0.588. The first-order valence-corrected chi connectivity index (χ1v) is 8.58. The Hall–Kier alpha value is -3.39. The van der Waals surface area contributed by atoms with Gasteiger partial charge in [-0.3, -0.25) is 19.5 Å². The van der Waals surface area contributed by atoms with Crippen molar-refractivity contribution in [3.63, 3.8) is 0 Å². The number of nitrogens with one attached hydrogen (secondary N) is 2. The number of carbonyl (C=O) groups is 2. The SMILES string of the molecule is O=C(O)C[C@H](NC(=O)c1cc(=O)n(-c2ccccc2Cl)[nH]1)c1cccc(F)c1. The standard InChI is InChI=1S/C19H15ClFN3O4/c20-13-6-1-2-7-16(13)24-17(25)9-15(23-24)19(28)22-14(10-18(26)27)11-4-3-5-12(21)8-11/h1-9,14,23H,10H2,(H,22,28)(H,26,27)/t14-/m0/s1. The first-order valence-electron chi connectivity index (χ1n) is 8.20. The van der Waals surface area contributed by atoms with E-state index in [0.29, 0.717) is 16.3 Å². The molecular weight excluding hydrogens is 389 g/mol. The van der Waals surface area contributed by atoms with E-state index >= 15 is 0 Å². The Morgan fingerprint density at radius 2 is 1.93 bits per heavy atom. The summed E-state index contributed by atoms with van der Waals surface area (Å²) in [4.78, 5) is 35.9. The van der Waals surface area contributed by atoms with Gasteiger partial charge in [-0.25, -0.2) is 9.07 Å². The van der Waals surface area contributed by atoms with Crippen LogP contribution < -0.4 is 10.9 Å². The summed E-state index contributed by atoms with van der Waals surface area (Å²) in [7, 11) is 0. The molecule has 3 aromatic rings. The minimum atomic E-state index is -1.17. The van der Waals surface area contributed by atoms with Crippen molar-refractivity contribution in [3.8, 4) is 5.69 Å². The number of hydrogen-bond donors (Lipinski definition) is 3. The van der Waals surface area contributed by atoms with Gasteiger partial charge in [0.2, 0.25) is 0 Å². The van der Waals surface area contributed by atoms with Gasteiger partial charge < -0.3 is 10.4 Å². The van der Waals surface area contributed by atoms with E-state index < -0.39 is 35.7 Å². The van der Waals surface area contributed by atoms with Crippen LogP contribution in [0.2, 0.25) is 5.02 Å². The highest BCUT2D eigenvalue weighted by molar-refractivity contribution is 6.32. The molecule has 0 aliphatic heterocycles. The number of halogens is 2. The number of para-hydroxylation sites is 1. The number of nitrogens with zero attached hydrogens (tertiary/aromatic N) is 1. The maximum Gasteiger partial charge on any atom is 0.305 e. The molecular formula is C19H15ClFN3O4. The third kappa shape index (κ3) is 4.29. The van der Waals surface area contributed by atoms with E-state index in [1.165, 1.54) is 18.2 Å². The topological polar surface area (TPSA) is 104 Å². The van der Waals surface area contributed by atoms with Crippen molar-refractivity contribution in [2.24, 2.45) is 0 Å². The van der Waals surface area contributed by atoms with Crippen molar-refractivity contribution >= 4 is 23.5 Å². The molecule has 0 fully saturated rings. The Morgan fingerprint density at radius 3 is 2.61 bits per heavy atom. The number of amides is 1. The summed E-state index contributed by atoms with van der Waals surface area (Å²) in [5, 5.41) is 14.6. The molecule has 1 amide bonds. The highest BCUT2D eigenvalue weighted by atomic mass is 35.5. The van der Waals surface area contributed by atoms with Gasteiger partial charge in [-0.1, -0.05) is 35.9 Å². The van der Waals surface area contributed by atoms with Gasteiger partial charge in [-0.05, 0) is 29.8 Å². The Labute approximate surface area is 163 Å². The Bertz CT molecular complexity index is 1090. The van der Waals surface area contributed by atoms with Crippen molar-refractivity contribution in [2.75, 3.05) is 0 Å². The highest BCUT2D eigenvalue weighted by Gasteiger charge is 2.21. The van der Waals surface area contributed by atoms with Crippen molar-refractivity contribution < 1.29 is 19.1 Å². The third-order valence-corrected chi connectivity index (χ3v) is 4.31. The minimum Gasteiger partial charge on any atom is -0.481 e. The van der Waals surface area contributed by atoms with E-state index in [1.807, 2.05) is 0 Å². The molecule has 0 aliphatic carbocycles. The molecule has 0 radical (unpaired) electrons. The summed E-state index contributed by atoms with van der Waals surface area (Å²) >= 11 is 6.07. The first kappa shape index (κ1) is 19.4. The number of aromatic amines is 1. The lowest BCUT2D eigenvalue weighted by Crippen LogP contribution is -2.30. The van der Waals surface area contributed by atoms with Gasteiger partial charge in [0, 0.05) is 6.07 Å². The van der Waals surface area contributed by atoms with Gasteiger partial charge in [0.05, 0.1) is 23.2 Å². The zero-order valence-corrected chi connectivity index (χ0v) is 15.1. The molecule has 0 spiro atoms. The number of hydrogen-bond acceptors (Lipinski definition) is 3. The van der Waals surface area contributed by atoms with Crippen LogP contribution in [0.4, 0.5) is 4.39 Å². The molecule has 7 nitrogen and oxygen atoms in total. The van der Waals surface area contributed by atoms with Crippen LogP contribution in [0.3, 0.4) is 0 Å². The van der Waals surface area contributed by atoms with Gasteiger partial charge in [-0.2, -0.15) is 0 Å². The number of benzene rings is 2. The molecule has 9 heteroatoms. The van der Waals surface area contributed by atoms with Gasteiger partial charge in [0.25, 0.3) is 11.5 Å². The van der Waals surface area contributed by atoms with Gasteiger partial charge in [0.15, 0.2) is 0 Å². The van der Waals surface area contributed by atoms with E-state index in [-0.39, 0.29) is 5.69 Å². The molecule has 0 unspecified atom stereocenters. The van der Waals surface area contributed by atoms with E-state index in [1.54, 1.807) is 24.3 Å². The molecule has 0 aliphatic rings. The largest absolute Gasteiger partial charge is 0.481 e. The molecule has 0 saturated heterocycles. The van der Waals surface area contributed by atoms with Crippen LogP contribution in [-0.2, 0) is 4.79 Å². The lowest BCUT2D eigenvalue weighted by atomic mass is 10.0. The first-order chi connectivity index (χ1) is 13.3. The number of aliphatic carboxylic acids is 1. The van der Waals surface area contributed by atoms with E-state index in [9.17, 15) is 18.8 Å². The lowest BCUT2D eigenvalue weighted by molar-refractivity contribution is -0.137. The second-order valence-electron chi connectivity index (χ2n) is 5.97. The third-order valence-electron chi connectivity index (χ3n) is 3.99. The summed E-state index contributed by atoms with van der Waals surface area (Å²) in [6, 6.07) is 11.9. The summed E-state index contributed by atoms with van der Waals surface area (Å²) in [6.07, 6.45) is -0.454. The predicted molar refractivity (Wildman–Crippen MR) is 100 cm³/mol. The molecule has 3 N–H and O–H groups in total. The molecule has 0 saturated carbocycles. The number of carboxylic acid groups (broad SMARTS) is 1. The zero-order valence-electron chi connectivity index (χ0n) is 14.4. The number of rotatable bonds is 6. The number of carbonyl (C=O) groups excluding carboxylic acids is 1. The maximum atomic E-state index is 13.5. The Kier molecular flexibility index (Phi) is 5.60. The van der Waals surface area contributed by atoms with Gasteiger partial charge in [-0.15, -0.1) is 0 Å². The van der Waals surface area contributed by atoms with Crippen molar-refractivity contribution in [1.82, 2.24) is 15.1 Å². The second kappa shape index (κ2) is 8.10. The van der Waals surface area contributed by atoms with Crippen LogP contribution in [0.15, 0.2) is 59.4 Å². The fourth-order valence-corrected chi connectivity index (χ4v) is 2.93. The summed E-state index contributed by atoms with van der Waals surface area (Å²) < 4.78 is 14.6. The molecule has 144 valence electrons. The predicted octanol–water partition coefficient (Wildman–Crippen LogP) is 2.90. The molecule has 2 aromatic carbocycles. The average Bonchev–Trinajstić information content (AvgIpc) is 3.03. The monoisotopic (exact) mass is 403 g/mol. The molecule has 0 bridgehead atoms. The van der Waals surface area contributed by atoms with Crippen molar-refractivity contribution in [1.29, 1.82) is 0 Å². The normalized spacial score (nSPS) is 11.8. The lowest BCUT2D eigenvalue weighted by Gasteiger charge is -2.17. The smallest absolute Gasteiger partial charge is 0.305 e. The summed E-state index contributed by atoms with van der Waals surface area (Å²) in [6.45, 7) is 0. The summed E-state index contributed by atoms with van der Waals surface area (Å²) in [5.41, 5.74) is 0.0552. The van der Waals surface area contributed by atoms with Crippen LogP contribution >= 0.6 is 11.6 Å². The Balaban J connectivity index is 1.89. The average molecular weight is 404 g/mol. The zero-order chi connectivity index (χ0) is 20.3. The van der Waals surface area contributed by atoms with Crippen LogP contribution in [0.5, 0.6) is 0 Å². The van der Waals surface area contributed by atoms with Crippen LogP contribution in [0.1, 0.15) is 28.5 Å². The summed E-state index contributed by atoms with van der Waals surface area (Å²) in [5.74, 6) is -2.43. The fourth-order valence-electron chi connectivity index (χ4n) is 2.71. The van der Waals surface area contributed by atoms with Gasteiger partial charge >= 0.3 is 5.97 Å².